The number of ether oxygens (including phenoxy) is 4. The van der Waals surface area contributed by atoms with E-state index >= 15 is 0 Å². The van der Waals surface area contributed by atoms with E-state index in [-0.39, 0.29) is 27.9 Å². The first-order valence-corrected chi connectivity index (χ1v) is 8.52. The molecule has 0 unspecified atom stereocenters. The molecule has 2 aromatic carbocycles. The monoisotopic (exact) mass is 418 g/mol. The van der Waals surface area contributed by atoms with Crippen molar-refractivity contribution < 1.29 is 28.7 Å². The second-order valence-corrected chi connectivity index (χ2v) is 6.13. The molecule has 9 nitrogen and oxygen atoms in total. The van der Waals surface area contributed by atoms with Crippen LogP contribution >= 0.6 is 11.6 Å². The number of hydrogen-bond donors (Lipinski definition) is 0. The molecular weight excluding hydrogens is 404 g/mol. The lowest BCUT2D eigenvalue weighted by molar-refractivity contribution is -0.384. The summed E-state index contributed by atoms with van der Waals surface area (Å²) < 4.78 is 21.0. The van der Waals surface area contributed by atoms with Gasteiger partial charge in [0.2, 0.25) is 11.6 Å². The molecule has 29 heavy (non-hydrogen) atoms. The van der Waals surface area contributed by atoms with Gasteiger partial charge in [-0.25, -0.2) is 9.79 Å². The number of halogens is 1. The predicted octanol–water partition coefficient (Wildman–Crippen LogP) is 3.62. The van der Waals surface area contributed by atoms with Crippen molar-refractivity contribution in [3.05, 3.63) is 62.3 Å². The number of nitro benzene ring substituents is 1. The number of hydrogen-bond acceptors (Lipinski definition) is 8. The van der Waals surface area contributed by atoms with Crippen LogP contribution in [0.25, 0.3) is 6.08 Å². The Morgan fingerprint density at radius 2 is 1.76 bits per heavy atom. The van der Waals surface area contributed by atoms with E-state index in [9.17, 15) is 14.9 Å². The molecule has 3 rings (SSSR count). The van der Waals surface area contributed by atoms with Crippen LogP contribution in [0.2, 0.25) is 5.02 Å². The van der Waals surface area contributed by atoms with Crippen molar-refractivity contribution in [3.63, 3.8) is 0 Å². The van der Waals surface area contributed by atoms with Crippen molar-refractivity contribution in [2.45, 2.75) is 0 Å². The van der Waals surface area contributed by atoms with Crippen molar-refractivity contribution in [2.24, 2.45) is 4.99 Å². The lowest BCUT2D eigenvalue weighted by Gasteiger charge is -2.12. The maximum atomic E-state index is 12.2. The van der Waals surface area contributed by atoms with Gasteiger partial charge in [0.1, 0.15) is 5.02 Å². The Morgan fingerprint density at radius 3 is 2.31 bits per heavy atom. The van der Waals surface area contributed by atoms with Crippen LogP contribution in [-0.4, -0.2) is 38.1 Å². The van der Waals surface area contributed by atoms with Crippen molar-refractivity contribution >= 4 is 35.2 Å². The minimum Gasteiger partial charge on any atom is -0.493 e. The van der Waals surface area contributed by atoms with Crippen LogP contribution in [0.4, 0.5) is 5.69 Å². The zero-order valence-electron chi connectivity index (χ0n) is 15.6. The number of carbonyl (C=O) groups excluding carboxylic acids is 1. The largest absolute Gasteiger partial charge is 0.493 e. The molecule has 150 valence electrons. The molecule has 0 aliphatic carbocycles. The number of methoxy groups -OCH3 is 3. The van der Waals surface area contributed by atoms with Crippen LogP contribution in [0.5, 0.6) is 17.2 Å². The average molecular weight is 419 g/mol. The third-order valence-corrected chi connectivity index (χ3v) is 4.32. The number of carbonyl (C=O) groups is 1. The van der Waals surface area contributed by atoms with Crippen LogP contribution in [0.3, 0.4) is 0 Å². The minimum atomic E-state index is -0.702. The molecule has 0 saturated carbocycles. The molecule has 0 radical (unpaired) electrons. The van der Waals surface area contributed by atoms with E-state index in [0.29, 0.717) is 22.8 Å². The fourth-order valence-electron chi connectivity index (χ4n) is 2.66. The number of nitro groups is 1. The van der Waals surface area contributed by atoms with E-state index in [1.165, 1.54) is 45.6 Å². The fraction of sp³-hybridized carbons (Fsp3) is 0.158. The Kier molecular flexibility index (Phi) is 5.69. The molecule has 1 aliphatic rings. The van der Waals surface area contributed by atoms with E-state index < -0.39 is 10.9 Å². The lowest BCUT2D eigenvalue weighted by atomic mass is 10.1. The van der Waals surface area contributed by atoms with Crippen molar-refractivity contribution in [2.75, 3.05) is 21.3 Å². The summed E-state index contributed by atoms with van der Waals surface area (Å²) in [6.07, 6.45) is 1.48. The number of benzene rings is 2. The molecule has 2 aromatic rings. The first-order chi connectivity index (χ1) is 13.9. The second kappa shape index (κ2) is 8.19. The molecule has 0 aromatic heterocycles. The summed E-state index contributed by atoms with van der Waals surface area (Å²) in [5.41, 5.74) is 0.498. The highest BCUT2D eigenvalue weighted by molar-refractivity contribution is 6.32. The highest BCUT2D eigenvalue weighted by Crippen LogP contribution is 2.39. The van der Waals surface area contributed by atoms with Gasteiger partial charge in [0.05, 0.1) is 26.3 Å². The van der Waals surface area contributed by atoms with Crippen molar-refractivity contribution in [3.8, 4) is 17.2 Å². The summed E-state index contributed by atoms with van der Waals surface area (Å²) in [7, 11) is 4.43. The number of rotatable bonds is 6. The van der Waals surface area contributed by atoms with Crippen LogP contribution < -0.4 is 14.2 Å². The second-order valence-electron chi connectivity index (χ2n) is 5.72. The molecule has 10 heteroatoms. The topological polar surface area (TPSA) is 109 Å². The van der Waals surface area contributed by atoms with Gasteiger partial charge in [-0.1, -0.05) is 11.6 Å². The van der Waals surface area contributed by atoms with Gasteiger partial charge >= 0.3 is 5.97 Å². The average Bonchev–Trinajstić information content (AvgIpc) is 3.07. The molecule has 1 aliphatic heterocycles. The summed E-state index contributed by atoms with van der Waals surface area (Å²) in [6.45, 7) is 0. The first-order valence-electron chi connectivity index (χ1n) is 8.14. The lowest BCUT2D eigenvalue weighted by Crippen LogP contribution is -2.06. The fourth-order valence-corrected chi connectivity index (χ4v) is 2.85. The molecule has 0 spiro atoms. The Morgan fingerprint density at radius 1 is 1.10 bits per heavy atom. The Hall–Kier alpha value is -3.59. The molecule has 0 atom stereocenters. The quantitative estimate of drug-likeness (QED) is 0.305. The summed E-state index contributed by atoms with van der Waals surface area (Å²) in [5, 5.41) is 11.0. The number of cyclic esters (lactones) is 1. The van der Waals surface area contributed by atoms with Crippen molar-refractivity contribution in [1.29, 1.82) is 0 Å². The Bertz CT molecular complexity index is 1040. The third kappa shape index (κ3) is 3.99. The molecule has 0 fully saturated rings. The standard InChI is InChI=1S/C19H15ClN2O7/c1-26-15-7-10(8-16(27-2)17(15)28-3)6-13-19(23)29-18(21-13)11-4-5-12(20)14(9-11)22(24)25/h4-9H,1-3H3/b13-6-. The highest BCUT2D eigenvalue weighted by Gasteiger charge is 2.26. The van der Waals surface area contributed by atoms with E-state index in [1.807, 2.05) is 0 Å². The van der Waals surface area contributed by atoms with Gasteiger partial charge in [-0.15, -0.1) is 0 Å². The van der Waals surface area contributed by atoms with E-state index in [1.54, 1.807) is 12.1 Å². The summed E-state index contributed by atoms with van der Waals surface area (Å²) >= 11 is 5.81. The van der Waals surface area contributed by atoms with E-state index in [4.69, 9.17) is 30.5 Å². The van der Waals surface area contributed by atoms with Gasteiger partial charge in [-0.2, -0.15) is 0 Å². The Balaban J connectivity index is 2.01. The van der Waals surface area contributed by atoms with Gasteiger partial charge in [-0.05, 0) is 35.9 Å². The molecule has 0 bridgehead atoms. The molecular formula is C19H15ClN2O7. The van der Waals surface area contributed by atoms with Gasteiger partial charge in [0.15, 0.2) is 17.2 Å². The molecule has 0 amide bonds. The SMILES string of the molecule is COc1cc(/C=C2\N=C(c3ccc(Cl)c([N+](=O)[O-])c3)OC2=O)cc(OC)c1OC. The van der Waals surface area contributed by atoms with Crippen LogP contribution in [-0.2, 0) is 9.53 Å². The highest BCUT2D eigenvalue weighted by atomic mass is 35.5. The minimum absolute atomic E-state index is 0.00637. The van der Waals surface area contributed by atoms with Gasteiger partial charge < -0.3 is 18.9 Å². The van der Waals surface area contributed by atoms with Crippen molar-refractivity contribution in [1.82, 2.24) is 0 Å². The third-order valence-electron chi connectivity index (χ3n) is 4.00. The number of esters is 1. The van der Waals surface area contributed by atoms with E-state index in [2.05, 4.69) is 4.99 Å². The normalized spacial score (nSPS) is 14.4. The summed E-state index contributed by atoms with van der Waals surface area (Å²) in [4.78, 5) is 26.8. The van der Waals surface area contributed by atoms with E-state index in [0.717, 1.165) is 0 Å². The predicted molar refractivity (Wildman–Crippen MR) is 105 cm³/mol. The molecule has 1 heterocycles. The van der Waals surface area contributed by atoms with Crippen LogP contribution in [0.15, 0.2) is 41.0 Å². The zero-order chi connectivity index (χ0) is 21.1. The maximum Gasteiger partial charge on any atom is 0.363 e. The number of aliphatic imine (C=N–C) groups is 1. The maximum absolute atomic E-state index is 12.2. The number of nitrogens with zero attached hydrogens (tertiary/aromatic N) is 2. The first kappa shape index (κ1) is 20.2. The van der Waals surface area contributed by atoms with Gasteiger partial charge in [0, 0.05) is 11.6 Å². The van der Waals surface area contributed by atoms with Crippen LogP contribution in [0, 0.1) is 10.1 Å². The summed E-state index contributed by atoms with van der Waals surface area (Å²) in [6, 6.07) is 7.29. The Labute approximate surface area is 170 Å². The summed E-state index contributed by atoms with van der Waals surface area (Å²) in [5.74, 6) is 0.453. The molecule has 0 saturated heterocycles. The van der Waals surface area contributed by atoms with Crippen LogP contribution in [0.1, 0.15) is 11.1 Å². The molecule has 0 N–H and O–H groups in total. The van der Waals surface area contributed by atoms with Gasteiger partial charge in [-0.3, -0.25) is 10.1 Å². The van der Waals surface area contributed by atoms with Gasteiger partial charge in [0.25, 0.3) is 5.69 Å². The zero-order valence-corrected chi connectivity index (χ0v) is 16.4. The smallest absolute Gasteiger partial charge is 0.363 e.